The molecule has 1 aromatic carbocycles. The summed E-state index contributed by atoms with van der Waals surface area (Å²) in [7, 11) is 0. The van der Waals surface area contributed by atoms with Gasteiger partial charge in [0.2, 0.25) is 5.91 Å². The van der Waals surface area contributed by atoms with Gasteiger partial charge in [0.25, 0.3) is 0 Å². The van der Waals surface area contributed by atoms with Crippen LogP contribution in [-0.4, -0.2) is 25.2 Å². The number of hydrogen-bond acceptors (Lipinski definition) is 3. The van der Waals surface area contributed by atoms with Crippen LogP contribution < -0.4 is 11.1 Å². The summed E-state index contributed by atoms with van der Waals surface area (Å²) in [6, 6.07) is 4.46. The Morgan fingerprint density at radius 3 is 2.90 bits per heavy atom. The van der Waals surface area contributed by atoms with Crippen LogP contribution in [0.15, 0.2) is 18.2 Å². The number of halogens is 2. The van der Waals surface area contributed by atoms with Gasteiger partial charge in [0.1, 0.15) is 12.4 Å². The number of hydrogen-bond donors (Lipinski definition) is 2. The molecule has 0 saturated heterocycles. The van der Waals surface area contributed by atoms with Crippen LogP contribution in [0.2, 0.25) is 5.02 Å². The van der Waals surface area contributed by atoms with Crippen molar-refractivity contribution in [2.75, 3.05) is 13.2 Å². The first-order chi connectivity index (χ1) is 9.50. The molecule has 1 aliphatic carbocycles. The van der Waals surface area contributed by atoms with Gasteiger partial charge in [-0.2, -0.15) is 0 Å². The summed E-state index contributed by atoms with van der Waals surface area (Å²) in [5.41, 5.74) is 5.17. The molecule has 20 heavy (non-hydrogen) atoms. The van der Waals surface area contributed by atoms with Crippen LogP contribution in [0.25, 0.3) is 0 Å². The Kier molecular flexibility index (Phi) is 4.44. The van der Waals surface area contributed by atoms with E-state index in [0.29, 0.717) is 17.0 Å². The fourth-order valence-electron chi connectivity index (χ4n) is 2.13. The zero-order chi connectivity index (χ0) is 14.7. The number of nitrogens with one attached hydrogen (secondary N) is 1. The molecule has 2 atom stereocenters. The summed E-state index contributed by atoms with van der Waals surface area (Å²) in [5.74, 6) is -1.09. The minimum Gasteiger partial charge on any atom is -0.448 e. The molecule has 2 amide bonds. The summed E-state index contributed by atoms with van der Waals surface area (Å²) in [4.78, 5) is 22.1. The van der Waals surface area contributed by atoms with Gasteiger partial charge in [-0.25, -0.2) is 9.18 Å². The molecule has 2 unspecified atom stereocenters. The van der Waals surface area contributed by atoms with E-state index in [9.17, 15) is 14.0 Å². The van der Waals surface area contributed by atoms with Crippen molar-refractivity contribution in [1.82, 2.24) is 5.32 Å². The minimum absolute atomic E-state index is 0.0128. The van der Waals surface area contributed by atoms with E-state index >= 15 is 0 Å². The van der Waals surface area contributed by atoms with E-state index in [1.165, 1.54) is 12.1 Å². The number of primary amides is 1. The number of ether oxygens (including phenoxy) is 1. The van der Waals surface area contributed by atoms with E-state index in [1.807, 2.05) is 0 Å². The van der Waals surface area contributed by atoms with Crippen molar-refractivity contribution in [1.29, 1.82) is 0 Å². The maximum atomic E-state index is 13.7. The third kappa shape index (κ3) is 3.39. The fraction of sp³-hybridized carbons (Fsp3) is 0.385. The molecule has 0 bridgehead atoms. The molecule has 0 aromatic heterocycles. The van der Waals surface area contributed by atoms with Gasteiger partial charge in [0, 0.05) is 22.4 Å². The molecule has 0 heterocycles. The fourth-order valence-corrected chi connectivity index (χ4v) is 2.43. The van der Waals surface area contributed by atoms with E-state index in [1.54, 1.807) is 6.07 Å². The highest BCUT2D eigenvalue weighted by molar-refractivity contribution is 6.31. The van der Waals surface area contributed by atoms with Gasteiger partial charge in [-0.05, 0) is 18.6 Å². The van der Waals surface area contributed by atoms with E-state index in [4.69, 9.17) is 17.3 Å². The second-order valence-corrected chi connectivity index (χ2v) is 4.95. The Labute approximate surface area is 120 Å². The highest BCUT2D eigenvalue weighted by Gasteiger charge is 2.46. The molecule has 2 rings (SSSR count). The Morgan fingerprint density at radius 2 is 2.25 bits per heavy atom. The predicted molar refractivity (Wildman–Crippen MR) is 70.8 cm³/mol. The number of carbonyl (C=O) groups is 2. The van der Waals surface area contributed by atoms with Crippen molar-refractivity contribution in [2.45, 2.75) is 12.3 Å². The topological polar surface area (TPSA) is 81.4 Å². The smallest absolute Gasteiger partial charge is 0.404 e. The minimum atomic E-state index is -0.887. The molecule has 1 saturated carbocycles. The van der Waals surface area contributed by atoms with Crippen LogP contribution >= 0.6 is 11.6 Å². The lowest BCUT2D eigenvalue weighted by Gasteiger charge is -2.06. The second kappa shape index (κ2) is 6.09. The summed E-state index contributed by atoms with van der Waals surface area (Å²) in [6.45, 7) is 0.189. The van der Waals surface area contributed by atoms with Crippen LogP contribution in [0.3, 0.4) is 0 Å². The summed E-state index contributed by atoms with van der Waals surface area (Å²) in [6.07, 6.45) is -0.329. The highest BCUT2D eigenvalue weighted by atomic mass is 35.5. The lowest BCUT2D eigenvalue weighted by Crippen LogP contribution is -2.30. The van der Waals surface area contributed by atoms with Gasteiger partial charge in [0.05, 0.1) is 6.54 Å². The molecule has 0 aliphatic heterocycles. The molecule has 7 heteroatoms. The lowest BCUT2D eigenvalue weighted by atomic mass is 10.1. The van der Waals surface area contributed by atoms with Crippen molar-refractivity contribution in [3.05, 3.63) is 34.6 Å². The molecule has 1 fully saturated rings. The van der Waals surface area contributed by atoms with Crippen LogP contribution in [0, 0.1) is 11.7 Å². The van der Waals surface area contributed by atoms with E-state index in [0.717, 1.165) is 0 Å². The van der Waals surface area contributed by atoms with Crippen molar-refractivity contribution in [2.24, 2.45) is 11.7 Å². The molecule has 3 N–H and O–H groups in total. The number of benzene rings is 1. The molecular weight excluding hydrogens is 287 g/mol. The van der Waals surface area contributed by atoms with Crippen molar-refractivity contribution in [3.8, 4) is 0 Å². The average molecular weight is 301 g/mol. The Morgan fingerprint density at radius 1 is 1.50 bits per heavy atom. The zero-order valence-corrected chi connectivity index (χ0v) is 11.3. The maximum absolute atomic E-state index is 13.7. The quantitative estimate of drug-likeness (QED) is 0.814. The van der Waals surface area contributed by atoms with E-state index < -0.39 is 11.9 Å². The summed E-state index contributed by atoms with van der Waals surface area (Å²) in [5, 5.41) is 2.94. The van der Waals surface area contributed by atoms with Crippen molar-refractivity contribution < 1.29 is 18.7 Å². The largest absolute Gasteiger partial charge is 0.448 e. The van der Waals surface area contributed by atoms with Gasteiger partial charge in [-0.15, -0.1) is 0 Å². The average Bonchev–Trinajstić information content (AvgIpc) is 3.14. The maximum Gasteiger partial charge on any atom is 0.404 e. The van der Waals surface area contributed by atoms with Gasteiger partial charge >= 0.3 is 6.09 Å². The number of carbonyl (C=O) groups excluding carboxylic acids is 2. The van der Waals surface area contributed by atoms with E-state index in [-0.39, 0.29) is 30.9 Å². The molecule has 108 valence electrons. The molecule has 0 radical (unpaired) electrons. The summed E-state index contributed by atoms with van der Waals surface area (Å²) < 4.78 is 18.2. The molecular formula is C13H14ClFN2O3. The number of amides is 2. The first-order valence-corrected chi connectivity index (χ1v) is 6.52. The van der Waals surface area contributed by atoms with Crippen LogP contribution in [0.4, 0.5) is 9.18 Å². The van der Waals surface area contributed by atoms with Crippen LogP contribution in [0.1, 0.15) is 17.9 Å². The van der Waals surface area contributed by atoms with Crippen molar-refractivity contribution >= 4 is 23.6 Å². The zero-order valence-electron chi connectivity index (χ0n) is 10.6. The van der Waals surface area contributed by atoms with Gasteiger partial charge in [-0.1, -0.05) is 17.7 Å². The second-order valence-electron chi connectivity index (χ2n) is 4.54. The van der Waals surface area contributed by atoms with E-state index in [2.05, 4.69) is 10.1 Å². The lowest BCUT2D eigenvalue weighted by molar-refractivity contribution is -0.122. The summed E-state index contributed by atoms with van der Waals surface area (Å²) >= 11 is 5.95. The normalized spacial score (nSPS) is 20.3. The van der Waals surface area contributed by atoms with Crippen molar-refractivity contribution in [3.63, 3.8) is 0 Å². The van der Waals surface area contributed by atoms with Crippen LogP contribution in [-0.2, 0) is 9.53 Å². The Hall–Kier alpha value is -1.82. The number of nitrogens with two attached hydrogens (primary N) is 1. The first-order valence-electron chi connectivity index (χ1n) is 6.14. The number of rotatable bonds is 5. The molecule has 1 aliphatic rings. The Bertz CT molecular complexity index is 518. The van der Waals surface area contributed by atoms with Gasteiger partial charge in [0.15, 0.2) is 0 Å². The first kappa shape index (κ1) is 14.6. The standard InChI is InChI=1S/C13H14ClFN2O3/c14-9-2-1-3-10(15)11(9)7-6-8(7)12(18)17-4-5-20-13(16)19/h1-3,7-8H,4-6H2,(H2,16,19)(H,17,18). The SMILES string of the molecule is NC(=O)OCCNC(=O)C1CC1c1c(F)cccc1Cl. The van der Waals surface area contributed by atoms with Crippen LogP contribution in [0.5, 0.6) is 0 Å². The Balaban J connectivity index is 1.85. The molecule has 0 spiro atoms. The molecule has 1 aromatic rings. The molecule has 5 nitrogen and oxygen atoms in total. The monoisotopic (exact) mass is 300 g/mol. The van der Waals surface area contributed by atoms with Gasteiger partial charge < -0.3 is 15.8 Å². The highest BCUT2D eigenvalue weighted by Crippen LogP contribution is 2.50. The third-order valence-corrected chi connectivity index (χ3v) is 3.47. The predicted octanol–water partition coefficient (Wildman–Crippen LogP) is 1.79. The van der Waals surface area contributed by atoms with Gasteiger partial charge in [-0.3, -0.25) is 4.79 Å². The third-order valence-electron chi connectivity index (χ3n) is 3.14.